The number of hydrogen-bond donors (Lipinski definition) is 3. The van der Waals surface area contributed by atoms with E-state index in [1.165, 1.54) is 18.2 Å². The summed E-state index contributed by atoms with van der Waals surface area (Å²) in [5.74, 6) is -2.16. The van der Waals surface area contributed by atoms with Crippen LogP contribution in [0.15, 0.2) is 29.8 Å². The number of benzene rings is 1. The number of ketones is 2. The summed E-state index contributed by atoms with van der Waals surface area (Å²) in [6.07, 6.45) is -2.73. The summed E-state index contributed by atoms with van der Waals surface area (Å²) in [5.41, 5.74) is -0.118. The van der Waals surface area contributed by atoms with Gasteiger partial charge in [-0.3, -0.25) is 14.4 Å². The lowest BCUT2D eigenvalue weighted by Gasteiger charge is -2.47. The minimum atomic E-state index is -1.29. The molecule has 12 atom stereocenters. The number of esters is 1. The number of Topliss-reactive ketones (excluding diaryl/α,β-unsaturated/α-hetero) is 1. The Morgan fingerprint density at radius 1 is 1.02 bits per heavy atom. The van der Waals surface area contributed by atoms with Gasteiger partial charge in [0.2, 0.25) is 0 Å². The molecule has 1 aliphatic carbocycles. The van der Waals surface area contributed by atoms with Crippen molar-refractivity contribution in [2.45, 2.75) is 149 Å². The molecule has 0 spiro atoms. The molecule has 3 N–H and O–H groups in total. The van der Waals surface area contributed by atoms with Crippen molar-refractivity contribution in [1.82, 2.24) is 0 Å². The van der Waals surface area contributed by atoms with E-state index >= 15 is 0 Å². The first kappa shape index (κ1) is 38.3. The Labute approximate surface area is 283 Å². The molecule has 11 nitrogen and oxygen atoms in total. The Hall–Kier alpha value is -2.51. The summed E-state index contributed by atoms with van der Waals surface area (Å²) in [6.45, 7) is 16.3. The van der Waals surface area contributed by atoms with Gasteiger partial charge in [-0.1, -0.05) is 33.8 Å². The van der Waals surface area contributed by atoms with Gasteiger partial charge in [-0.2, -0.15) is 0 Å². The minimum Gasteiger partial charge on any atom is -0.459 e. The lowest BCUT2D eigenvalue weighted by molar-refractivity contribution is -0.330. The van der Waals surface area contributed by atoms with E-state index in [0.717, 1.165) is 0 Å². The third kappa shape index (κ3) is 8.43. The Bertz CT molecular complexity index is 1350. The van der Waals surface area contributed by atoms with Crippen LogP contribution in [0.3, 0.4) is 0 Å². The van der Waals surface area contributed by atoms with Gasteiger partial charge in [-0.05, 0) is 77.2 Å². The zero-order valence-electron chi connectivity index (χ0n) is 29.7. The number of hydrogen-bond acceptors (Lipinski definition) is 11. The first-order chi connectivity index (χ1) is 22.4. The fraction of sp³-hybridized carbons (Fsp3) is 0.703. The van der Waals surface area contributed by atoms with Crippen molar-refractivity contribution in [2.24, 2.45) is 17.8 Å². The van der Waals surface area contributed by atoms with Crippen LogP contribution in [0.2, 0.25) is 0 Å². The van der Waals surface area contributed by atoms with Crippen LogP contribution in [0, 0.1) is 17.8 Å². The molecular weight excluding hydrogens is 620 g/mol. The average Bonchev–Trinajstić information content (AvgIpc) is 3.03. The lowest BCUT2D eigenvalue weighted by atomic mass is 9.86. The van der Waals surface area contributed by atoms with Gasteiger partial charge in [0, 0.05) is 35.5 Å². The van der Waals surface area contributed by atoms with Crippen molar-refractivity contribution in [2.75, 3.05) is 0 Å². The van der Waals surface area contributed by atoms with E-state index in [4.69, 9.17) is 23.7 Å². The molecule has 0 saturated carbocycles. The Morgan fingerprint density at radius 3 is 2.29 bits per heavy atom. The maximum atomic E-state index is 13.1. The van der Waals surface area contributed by atoms with Crippen LogP contribution in [-0.4, -0.2) is 87.7 Å². The first-order valence-electron chi connectivity index (χ1n) is 17.3. The number of carbonyl (C=O) groups excluding carboxylic acids is 3. The number of carbonyl (C=O) groups is 3. The van der Waals surface area contributed by atoms with Crippen molar-refractivity contribution in [3.63, 3.8) is 0 Å². The molecular formula is C37H54O11. The second-order valence-corrected chi connectivity index (χ2v) is 14.4. The van der Waals surface area contributed by atoms with Crippen molar-refractivity contribution in [3.05, 3.63) is 46.5 Å². The number of allylic oxidation sites excluding steroid dienone is 2. The predicted molar refractivity (Wildman–Crippen MR) is 176 cm³/mol. The molecule has 2 heterocycles. The SMILES string of the molecule is CCC(O[C@H]1C[C@@](C)(O)[C@H](OC2CC[C@H](OC(=O)[C@H](C)[C@H](O)c3ccc4c(c3)C(=O)C=C(C)C4=O)[C@@H](C)O2)[C@H](C)O1)[C@H](C)[C@H](O)C(C)C. The highest BCUT2D eigenvalue weighted by molar-refractivity contribution is 6.24. The van der Waals surface area contributed by atoms with Crippen LogP contribution in [0.5, 0.6) is 0 Å². The lowest BCUT2D eigenvalue weighted by Crippen LogP contribution is -2.58. The summed E-state index contributed by atoms with van der Waals surface area (Å²) in [7, 11) is 0. The van der Waals surface area contributed by atoms with Gasteiger partial charge in [-0.25, -0.2) is 0 Å². The van der Waals surface area contributed by atoms with Crippen LogP contribution in [0.4, 0.5) is 0 Å². The highest BCUT2D eigenvalue weighted by Gasteiger charge is 2.48. The summed E-state index contributed by atoms with van der Waals surface area (Å²) in [5, 5.41) is 33.0. The quantitative estimate of drug-likeness (QED) is 0.261. The molecule has 2 fully saturated rings. The second kappa shape index (κ2) is 15.6. The Kier molecular flexibility index (Phi) is 12.4. The summed E-state index contributed by atoms with van der Waals surface area (Å²) < 4.78 is 30.5. The third-order valence-electron chi connectivity index (χ3n) is 10.1. The van der Waals surface area contributed by atoms with E-state index in [0.29, 0.717) is 30.4 Å². The van der Waals surface area contributed by atoms with E-state index < -0.39 is 66.7 Å². The van der Waals surface area contributed by atoms with Gasteiger partial charge < -0.3 is 39.0 Å². The summed E-state index contributed by atoms with van der Waals surface area (Å²) in [6, 6.07) is 4.51. The number of ether oxygens (including phenoxy) is 5. The molecule has 3 aliphatic rings. The molecule has 0 aromatic heterocycles. The van der Waals surface area contributed by atoms with E-state index in [2.05, 4.69) is 0 Å². The van der Waals surface area contributed by atoms with Crippen LogP contribution < -0.4 is 0 Å². The Morgan fingerprint density at radius 2 is 1.69 bits per heavy atom. The van der Waals surface area contributed by atoms with Crippen LogP contribution in [0.1, 0.15) is 120 Å². The summed E-state index contributed by atoms with van der Waals surface area (Å²) in [4.78, 5) is 38.0. The van der Waals surface area contributed by atoms with Crippen molar-refractivity contribution in [1.29, 1.82) is 0 Å². The molecule has 1 aromatic rings. The molecule has 0 radical (unpaired) electrons. The monoisotopic (exact) mass is 674 g/mol. The van der Waals surface area contributed by atoms with Crippen LogP contribution in [-0.2, 0) is 28.5 Å². The fourth-order valence-corrected chi connectivity index (χ4v) is 6.99. The van der Waals surface area contributed by atoms with E-state index in [9.17, 15) is 29.7 Å². The number of aliphatic hydroxyl groups excluding tert-OH is 2. The van der Waals surface area contributed by atoms with Crippen molar-refractivity contribution >= 4 is 17.5 Å². The van der Waals surface area contributed by atoms with Crippen molar-refractivity contribution < 1.29 is 53.4 Å². The van der Waals surface area contributed by atoms with Gasteiger partial charge in [-0.15, -0.1) is 0 Å². The molecule has 4 rings (SSSR count). The largest absolute Gasteiger partial charge is 0.459 e. The standard InChI is InChI=1S/C37H54O11/c1-10-28(20(5)32(39)18(2)3)46-31-17-37(9,43)35(23(8)45-31)48-30-14-13-29(22(7)44-30)47-36(42)21(6)34(41)24-11-12-25-26(16-24)27(38)15-19(4)33(25)40/h11-12,15-16,18,20-23,28-32,34-35,39,41,43H,10,13-14,17H2,1-9H3/t20-,21+,22+,23-,28?,29-,30?,31-,32+,34-,35+,37+/m0/s1. The zero-order valence-corrected chi connectivity index (χ0v) is 29.7. The third-order valence-corrected chi connectivity index (χ3v) is 10.1. The fourth-order valence-electron chi connectivity index (χ4n) is 6.99. The first-order valence-corrected chi connectivity index (χ1v) is 17.3. The maximum absolute atomic E-state index is 13.1. The van der Waals surface area contributed by atoms with E-state index in [1.54, 1.807) is 33.8 Å². The van der Waals surface area contributed by atoms with Crippen LogP contribution >= 0.6 is 0 Å². The number of fused-ring (bicyclic) bond motifs is 1. The van der Waals surface area contributed by atoms with Crippen LogP contribution in [0.25, 0.3) is 0 Å². The van der Waals surface area contributed by atoms with Gasteiger partial charge in [0.1, 0.15) is 12.2 Å². The molecule has 11 heteroatoms. The predicted octanol–water partition coefficient (Wildman–Crippen LogP) is 4.84. The second-order valence-electron chi connectivity index (χ2n) is 14.4. The molecule has 1 aromatic carbocycles. The Balaban J connectivity index is 1.30. The molecule has 0 bridgehead atoms. The molecule has 268 valence electrons. The van der Waals surface area contributed by atoms with Gasteiger partial charge in [0.25, 0.3) is 0 Å². The van der Waals surface area contributed by atoms with E-state index in [-0.39, 0.29) is 47.1 Å². The minimum absolute atomic E-state index is 0.0878. The van der Waals surface area contributed by atoms with Crippen molar-refractivity contribution in [3.8, 4) is 0 Å². The molecule has 2 unspecified atom stereocenters. The normalized spacial score (nSPS) is 32.6. The van der Waals surface area contributed by atoms with Gasteiger partial charge >= 0.3 is 5.97 Å². The zero-order chi connectivity index (χ0) is 35.7. The molecule has 2 aliphatic heterocycles. The number of rotatable bonds is 12. The van der Waals surface area contributed by atoms with Gasteiger partial charge in [0.15, 0.2) is 24.1 Å². The summed E-state index contributed by atoms with van der Waals surface area (Å²) >= 11 is 0. The van der Waals surface area contributed by atoms with Gasteiger partial charge in [0.05, 0.1) is 42.0 Å². The average molecular weight is 675 g/mol. The molecule has 2 saturated heterocycles. The van der Waals surface area contributed by atoms with E-state index in [1.807, 2.05) is 34.6 Å². The molecule has 48 heavy (non-hydrogen) atoms. The topological polar surface area (TPSA) is 158 Å². The smallest absolute Gasteiger partial charge is 0.312 e. The number of aliphatic hydroxyl groups is 3. The highest BCUT2D eigenvalue weighted by atomic mass is 16.7. The highest BCUT2D eigenvalue weighted by Crippen LogP contribution is 2.37. The molecule has 0 amide bonds. The maximum Gasteiger partial charge on any atom is 0.312 e.